The molecule has 0 aliphatic heterocycles. The third-order valence-corrected chi connectivity index (χ3v) is 9.56. The Balaban J connectivity index is 1.91. The maximum atomic E-state index is 14.0. The van der Waals surface area contributed by atoms with E-state index >= 15 is 0 Å². The first kappa shape index (κ1) is 42.5. The first-order chi connectivity index (χ1) is 24.8. The predicted molar refractivity (Wildman–Crippen MR) is 202 cm³/mol. The van der Waals surface area contributed by atoms with Crippen molar-refractivity contribution in [3.8, 4) is 0 Å². The molecule has 0 spiro atoms. The highest BCUT2D eigenvalue weighted by Gasteiger charge is 2.33. The first-order valence-corrected chi connectivity index (χ1v) is 19.2. The lowest BCUT2D eigenvalue weighted by molar-refractivity contribution is -0.156. The standard InChI is InChI=1S/C38H47ClN4O9S/c1-24(2)33(36(47)40-20-19-31(39)53(6,49)50)43-35(46)29(21-27-17-12-16-26-15-10-11-18-28(26)27)41-34(45)30(22-32(44)52-38(3,4)5)42-37(48)51-23-25-13-8-7-9-14-25/h7-19,24,29-30,33H,20-23H2,1-6H3,(H,40,47)(H,41,45)(H,42,48)(H,43,46)/b31-19+/t29-,30-,33-/m0/s1. The average molecular weight is 771 g/mol. The van der Waals surface area contributed by atoms with Crippen LogP contribution in [0.15, 0.2) is 83.2 Å². The number of carbonyl (C=O) groups is 5. The lowest BCUT2D eigenvalue weighted by atomic mass is 9.97. The van der Waals surface area contributed by atoms with Gasteiger partial charge in [0.1, 0.15) is 34.7 Å². The number of sulfone groups is 1. The van der Waals surface area contributed by atoms with E-state index in [1.165, 1.54) is 0 Å². The molecule has 3 rings (SSSR count). The molecule has 286 valence electrons. The SMILES string of the molecule is CC(C)[C@H](NC(=O)[C@H](Cc1cccc2ccccc12)NC(=O)[C@H](CC(=O)OC(C)(C)C)NC(=O)OCc1ccccc1)C(=O)NC/C=C(\Cl)S(C)(=O)=O. The van der Waals surface area contributed by atoms with Crippen LogP contribution in [0.3, 0.4) is 0 Å². The van der Waals surface area contributed by atoms with Crippen molar-refractivity contribution in [2.45, 2.75) is 77.8 Å². The van der Waals surface area contributed by atoms with Crippen molar-refractivity contribution >= 4 is 62.0 Å². The van der Waals surface area contributed by atoms with E-state index in [4.69, 9.17) is 21.1 Å². The zero-order chi connectivity index (χ0) is 39.3. The number of carbonyl (C=O) groups excluding carboxylic acids is 5. The summed E-state index contributed by atoms with van der Waals surface area (Å²) in [5.41, 5.74) is 0.510. The van der Waals surface area contributed by atoms with Crippen LogP contribution in [-0.2, 0) is 51.5 Å². The Morgan fingerprint density at radius 2 is 1.43 bits per heavy atom. The quantitative estimate of drug-likeness (QED) is 0.154. The zero-order valence-electron chi connectivity index (χ0n) is 30.6. The number of alkyl carbamates (subject to hydrolysis) is 1. The van der Waals surface area contributed by atoms with Crippen molar-refractivity contribution < 1.29 is 41.9 Å². The summed E-state index contributed by atoms with van der Waals surface area (Å²) < 4.78 is 33.6. The molecule has 4 amide bonds. The van der Waals surface area contributed by atoms with Gasteiger partial charge in [-0.25, -0.2) is 13.2 Å². The van der Waals surface area contributed by atoms with Gasteiger partial charge in [-0.2, -0.15) is 0 Å². The van der Waals surface area contributed by atoms with E-state index in [1.807, 2.05) is 36.4 Å². The number of rotatable bonds is 16. The van der Waals surface area contributed by atoms with Crippen LogP contribution in [0, 0.1) is 5.92 Å². The number of ether oxygens (including phenoxy) is 2. The molecule has 3 aromatic rings. The molecule has 15 heteroatoms. The molecule has 53 heavy (non-hydrogen) atoms. The van der Waals surface area contributed by atoms with Crippen LogP contribution in [0.1, 0.15) is 52.2 Å². The number of halogens is 1. The fourth-order valence-corrected chi connectivity index (χ4v) is 5.58. The molecule has 0 bridgehead atoms. The molecule has 0 unspecified atom stereocenters. The Morgan fingerprint density at radius 1 is 0.811 bits per heavy atom. The number of hydrogen-bond donors (Lipinski definition) is 4. The maximum absolute atomic E-state index is 14.0. The minimum Gasteiger partial charge on any atom is -0.460 e. The van der Waals surface area contributed by atoms with Gasteiger partial charge >= 0.3 is 12.1 Å². The Morgan fingerprint density at radius 3 is 2.08 bits per heavy atom. The van der Waals surface area contributed by atoms with E-state index in [0.717, 1.165) is 23.1 Å². The van der Waals surface area contributed by atoms with E-state index in [2.05, 4.69) is 21.3 Å². The fraction of sp³-hybridized carbons (Fsp3) is 0.395. The van der Waals surface area contributed by atoms with Gasteiger partial charge in [-0.15, -0.1) is 0 Å². The van der Waals surface area contributed by atoms with Crippen molar-refractivity contribution in [3.63, 3.8) is 0 Å². The number of hydrogen-bond acceptors (Lipinski definition) is 9. The molecule has 4 N–H and O–H groups in total. The minimum absolute atomic E-state index is 0.0321. The van der Waals surface area contributed by atoms with Crippen molar-refractivity contribution in [2.75, 3.05) is 12.8 Å². The topological polar surface area (TPSA) is 186 Å². The van der Waals surface area contributed by atoms with Crippen molar-refractivity contribution in [3.05, 3.63) is 94.4 Å². The van der Waals surface area contributed by atoms with Crippen LogP contribution in [0.5, 0.6) is 0 Å². The second kappa shape index (κ2) is 19.2. The smallest absolute Gasteiger partial charge is 0.408 e. The van der Waals surface area contributed by atoms with E-state index in [-0.39, 0.29) is 19.6 Å². The van der Waals surface area contributed by atoms with Gasteiger partial charge in [0, 0.05) is 19.2 Å². The second-order valence-corrected chi connectivity index (χ2v) is 16.3. The lowest BCUT2D eigenvalue weighted by Crippen LogP contribution is -2.58. The molecule has 0 saturated carbocycles. The van der Waals surface area contributed by atoms with Gasteiger partial charge in [0.25, 0.3) is 0 Å². The summed E-state index contributed by atoms with van der Waals surface area (Å²) in [5.74, 6) is -3.45. The van der Waals surface area contributed by atoms with Crippen molar-refractivity contribution in [1.29, 1.82) is 0 Å². The van der Waals surface area contributed by atoms with Gasteiger partial charge in [-0.3, -0.25) is 19.2 Å². The maximum Gasteiger partial charge on any atom is 0.408 e. The number of nitrogens with one attached hydrogen (secondary N) is 4. The van der Waals surface area contributed by atoms with E-state index in [0.29, 0.717) is 11.1 Å². The van der Waals surface area contributed by atoms with Crippen LogP contribution in [0.4, 0.5) is 4.79 Å². The molecule has 0 aliphatic carbocycles. The van der Waals surface area contributed by atoms with Crippen molar-refractivity contribution in [1.82, 2.24) is 21.3 Å². The van der Waals surface area contributed by atoms with Gasteiger partial charge in [-0.05, 0) is 54.7 Å². The van der Waals surface area contributed by atoms with Crippen molar-refractivity contribution in [2.24, 2.45) is 5.92 Å². The highest BCUT2D eigenvalue weighted by molar-refractivity contribution is 7.96. The Kier molecular flexibility index (Phi) is 15.4. The molecular formula is C38H47ClN4O9S. The summed E-state index contributed by atoms with van der Waals surface area (Å²) in [5, 5.41) is 12.1. The van der Waals surface area contributed by atoms with E-state index in [1.54, 1.807) is 71.0 Å². The molecule has 0 heterocycles. The third-order valence-electron chi connectivity index (χ3n) is 7.69. The number of benzene rings is 3. The van der Waals surface area contributed by atoms with Gasteiger partial charge in [0.2, 0.25) is 17.7 Å². The summed E-state index contributed by atoms with van der Waals surface area (Å²) in [6.45, 7) is 8.04. The Labute approximate surface area is 315 Å². The summed E-state index contributed by atoms with van der Waals surface area (Å²) in [6, 6.07) is 17.9. The summed E-state index contributed by atoms with van der Waals surface area (Å²) >= 11 is 5.79. The first-order valence-electron chi connectivity index (χ1n) is 16.9. The molecule has 0 radical (unpaired) electrons. The lowest BCUT2D eigenvalue weighted by Gasteiger charge is -2.27. The Bertz CT molecular complexity index is 1910. The third kappa shape index (κ3) is 14.2. The molecule has 0 fully saturated rings. The van der Waals surface area contributed by atoms with E-state index < -0.39 is 80.1 Å². The van der Waals surface area contributed by atoms with Crippen LogP contribution in [0.25, 0.3) is 10.8 Å². The second-order valence-electron chi connectivity index (χ2n) is 13.7. The highest BCUT2D eigenvalue weighted by Crippen LogP contribution is 2.20. The number of esters is 1. The fourth-order valence-electron chi connectivity index (χ4n) is 5.12. The van der Waals surface area contributed by atoms with Crippen LogP contribution < -0.4 is 21.3 Å². The Hall–Kier alpha value is -4.95. The largest absolute Gasteiger partial charge is 0.460 e. The number of amides is 4. The average Bonchev–Trinajstić information content (AvgIpc) is 3.08. The van der Waals surface area contributed by atoms with Gasteiger partial charge in [0.15, 0.2) is 9.84 Å². The zero-order valence-corrected chi connectivity index (χ0v) is 32.2. The normalized spacial score (nSPS) is 13.7. The molecule has 13 nitrogen and oxygen atoms in total. The van der Waals surface area contributed by atoms with Crippen LogP contribution >= 0.6 is 11.6 Å². The molecule has 3 atom stereocenters. The highest BCUT2D eigenvalue weighted by atomic mass is 35.5. The van der Waals surface area contributed by atoms with E-state index in [9.17, 15) is 32.4 Å². The van der Waals surface area contributed by atoms with Gasteiger partial charge in [-0.1, -0.05) is 98.2 Å². The molecule has 0 aliphatic rings. The molecule has 0 aromatic heterocycles. The number of fused-ring (bicyclic) bond motifs is 1. The monoisotopic (exact) mass is 770 g/mol. The molecular weight excluding hydrogens is 724 g/mol. The minimum atomic E-state index is -3.67. The van der Waals surface area contributed by atoms with Gasteiger partial charge < -0.3 is 30.7 Å². The van der Waals surface area contributed by atoms with Gasteiger partial charge in [0.05, 0.1) is 6.42 Å². The summed E-state index contributed by atoms with van der Waals surface area (Å²) in [4.78, 5) is 67.0. The summed E-state index contributed by atoms with van der Waals surface area (Å²) in [7, 11) is -3.67. The molecule has 3 aromatic carbocycles. The molecule has 0 saturated heterocycles. The van der Waals surface area contributed by atoms with Crippen LogP contribution in [0.2, 0.25) is 0 Å². The van der Waals surface area contributed by atoms with Crippen LogP contribution in [-0.4, -0.2) is 74.7 Å². The predicted octanol–water partition coefficient (Wildman–Crippen LogP) is 4.28. The summed E-state index contributed by atoms with van der Waals surface area (Å²) in [6.07, 6.45) is 0.466.